The summed E-state index contributed by atoms with van der Waals surface area (Å²) in [7, 11) is -3.46. The number of nitrogens with zero attached hydrogens (tertiary/aromatic N) is 2. The predicted octanol–water partition coefficient (Wildman–Crippen LogP) is 4.07. The van der Waals surface area contributed by atoms with Crippen LogP contribution in [-0.4, -0.2) is 30.8 Å². The van der Waals surface area contributed by atoms with Gasteiger partial charge in [0.15, 0.2) is 0 Å². The monoisotopic (exact) mass is 360 g/mol. The first-order valence-electron chi connectivity index (χ1n) is 9.07. The minimum absolute atomic E-state index is 0.370. The van der Waals surface area contributed by atoms with Crippen LogP contribution in [0.4, 0.5) is 0 Å². The van der Waals surface area contributed by atoms with E-state index in [1.54, 1.807) is 18.3 Å². The summed E-state index contributed by atoms with van der Waals surface area (Å²) in [5.41, 5.74) is 2.10. The molecule has 0 aliphatic heterocycles. The third-order valence-electron chi connectivity index (χ3n) is 4.33. The summed E-state index contributed by atoms with van der Waals surface area (Å²) < 4.78 is 27.2. The molecule has 0 saturated heterocycles. The average Bonchev–Trinajstić information content (AvgIpc) is 2.63. The van der Waals surface area contributed by atoms with Crippen LogP contribution in [0.5, 0.6) is 0 Å². The van der Waals surface area contributed by atoms with Gasteiger partial charge < -0.3 is 0 Å². The molecule has 0 aliphatic carbocycles. The molecule has 0 radical (unpaired) electrons. The van der Waals surface area contributed by atoms with Gasteiger partial charge in [-0.1, -0.05) is 44.9 Å². The number of rotatable bonds is 10. The zero-order chi connectivity index (χ0) is 18.1. The maximum atomic E-state index is 12.9. The van der Waals surface area contributed by atoms with Crippen molar-refractivity contribution in [1.29, 1.82) is 0 Å². The van der Waals surface area contributed by atoms with E-state index < -0.39 is 10.0 Å². The molecular weight excluding hydrogens is 332 g/mol. The molecule has 0 saturated carbocycles. The fourth-order valence-corrected chi connectivity index (χ4v) is 4.24. The maximum Gasteiger partial charge on any atom is 0.243 e. The van der Waals surface area contributed by atoms with Crippen molar-refractivity contribution in [3.05, 3.63) is 59.9 Å². The van der Waals surface area contributed by atoms with Crippen LogP contribution in [0.15, 0.2) is 53.6 Å². The maximum absolute atomic E-state index is 12.9. The van der Waals surface area contributed by atoms with E-state index in [1.807, 2.05) is 37.3 Å². The van der Waals surface area contributed by atoms with Crippen LogP contribution in [-0.2, 0) is 22.9 Å². The Hall–Kier alpha value is -1.72. The fourth-order valence-electron chi connectivity index (χ4n) is 2.79. The van der Waals surface area contributed by atoms with E-state index in [0.717, 1.165) is 18.5 Å². The van der Waals surface area contributed by atoms with Gasteiger partial charge in [0.1, 0.15) is 0 Å². The molecule has 1 aromatic heterocycles. The normalized spacial score (nSPS) is 11.8. The van der Waals surface area contributed by atoms with Crippen LogP contribution >= 0.6 is 0 Å². The summed E-state index contributed by atoms with van der Waals surface area (Å²) in [6.07, 6.45) is 6.89. The Bertz CT molecular complexity index is 728. The highest BCUT2D eigenvalue weighted by Crippen LogP contribution is 2.18. The van der Waals surface area contributed by atoms with Gasteiger partial charge in [-0.2, -0.15) is 4.31 Å². The second-order valence-corrected chi connectivity index (χ2v) is 8.11. The molecule has 136 valence electrons. The third kappa shape index (κ3) is 5.65. The number of hydrogen-bond acceptors (Lipinski definition) is 3. The molecule has 1 heterocycles. The number of hydrogen-bond donors (Lipinski definition) is 0. The molecule has 2 aromatic rings. The van der Waals surface area contributed by atoms with E-state index in [-0.39, 0.29) is 0 Å². The van der Waals surface area contributed by atoms with E-state index in [9.17, 15) is 8.42 Å². The van der Waals surface area contributed by atoms with E-state index in [4.69, 9.17) is 0 Å². The first-order chi connectivity index (χ1) is 12.1. The standard InChI is InChI=1S/C20H28N2O2S/c1-3-5-6-9-18-11-13-20(14-12-18)25(23,24)22(4-2)17-15-19-10-7-8-16-21-19/h7-8,10-14,16H,3-6,9,15,17H2,1-2H3. The molecule has 0 unspecified atom stereocenters. The van der Waals surface area contributed by atoms with Gasteiger partial charge in [-0.25, -0.2) is 8.42 Å². The van der Waals surface area contributed by atoms with Gasteiger partial charge in [0.05, 0.1) is 4.90 Å². The number of aromatic nitrogens is 1. The Labute approximate surface area is 152 Å². The molecule has 0 aliphatic rings. The molecule has 0 atom stereocenters. The van der Waals surface area contributed by atoms with Crippen molar-refractivity contribution in [2.45, 2.75) is 50.8 Å². The Morgan fingerprint density at radius 3 is 2.32 bits per heavy atom. The highest BCUT2D eigenvalue weighted by atomic mass is 32.2. The molecule has 25 heavy (non-hydrogen) atoms. The van der Waals surface area contributed by atoms with Crippen LogP contribution in [0.2, 0.25) is 0 Å². The molecule has 2 rings (SSSR count). The van der Waals surface area contributed by atoms with Crippen molar-refractivity contribution in [2.24, 2.45) is 0 Å². The smallest absolute Gasteiger partial charge is 0.243 e. The van der Waals surface area contributed by atoms with Gasteiger partial charge in [0, 0.05) is 31.4 Å². The SMILES string of the molecule is CCCCCc1ccc(S(=O)(=O)N(CC)CCc2ccccn2)cc1. The number of pyridine rings is 1. The van der Waals surface area contributed by atoms with Crippen molar-refractivity contribution >= 4 is 10.0 Å². The zero-order valence-corrected chi connectivity index (χ0v) is 16.0. The second kappa shape index (κ2) is 9.68. The first kappa shape index (κ1) is 19.6. The number of sulfonamides is 1. The van der Waals surface area contributed by atoms with Crippen LogP contribution in [0, 0.1) is 0 Å². The summed E-state index contributed by atoms with van der Waals surface area (Å²) in [4.78, 5) is 4.64. The number of benzene rings is 1. The van der Waals surface area contributed by atoms with Gasteiger partial charge in [0.2, 0.25) is 10.0 Å². The fraction of sp³-hybridized carbons (Fsp3) is 0.450. The number of likely N-dealkylation sites (N-methyl/N-ethyl adjacent to an activating group) is 1. The highest BCUT2D eigenvalue weighted by Gasteiger charge is 2.22. The Kier molecular flexibility index (Phi) is 7.59. The Morgan fingerprint density at radius 2 is 1.72 bits per heavy atom. The summed E-state index contributed by atoms with van der Waals surface area (Å²) in [5.74, 6) is 0. The van der Waals surface area contributed by atoms with E-state index in [1.165, 1.54) is 22.7 Å². The van der Waals surface area contributed by atoms with Crippen LogP contribution in [0.1, 0.15) is 44.4 Å². The van der Waals surface area contributed by atoms with E-state index in [0.29, 0.717) is 24.4 Å². The van der Waals surface area contributed by atoms with Crippen LogP contribution in [0.3, 0.4) is 0 Å². The summed E-state index contributed by atoms with van der Waals surface area (Å²) in [5, 5.41) is 0. The molecule has 0 amide bonds. The van der Waals surface area contributed by atoms with Crippen molar-refractivity contribution in [1.82, 2.24) is 9.29 Å². The molecule has 5 heteroatoms. The van der Waals surface area contributed by atoms with Gasteiger partial charge in [-0.05, 0) is 42.7 Å². The Balaban J connectivity index is 2.04. The van der Waals surface area contributed by atoms with Crippen molar-refractivity contribution in [3.63, 3.8) is 0 Å². The molecule has 4 nitrogen and oxygen atoms in total. The minimum Gasteiger partial charge on any atom is -0.261 e. The second-order valence-electron chi connectivity index (χ2n) is 6.17. The van der Waals surface area contributed by atoms with Crippen molar-refractivity contribution in [3.8, 4) is 0 Å². The van der Waals surface area contributed by atoms with E-state index in [2.05, 4.69) is 11.9 Å². The summed E-state index contributed by atoms with van der Waals surface area (Å²) in [6.45, 7) is 4.94. The molecule has 0 fully saturated rings. The van der Waals surface area contributed by atoms with E-state index >= 15 is 0 Å². The lowest BCUT2D eigenvalue weighted by Crippen LogP contribution is -2.33. The summed E-state index contributed by atoms with van der Waals surface area (Å²) in [6, 6.07) is 13.1. The lowest BCUT2D eigenvalue weighted by atomic mass is 10.1. The van der Waals surface area contributed by atoms with Gasteiger partial charge in [-0.15, -0.1) is 0 Å². The highest BCUT2D eigenvalue weighted by molar-refractivity contribution is 7.89. The predicted molar refractivity (Wildman–Crippen MR) is 102 cm³/mol. The Morgan fingerprint density at radius 1 is 0.960 bits per heavy atom. The molecule has 0 N–H and O–H groups in total. The largest absolute Gasteiger partial charge is 0.261 e. The zero-order valence-electron chi connectivity index (χ0n) is 15.2. The van der Waals surface area contributed by atoms with Gasteiger partial charge in [0.25, 0.3) is 0 Å². The first-order valence-corrected chi connectivity index (χ1v) is 10.5. The van der Waals surface area contributed by atoms with Gasteiger partial charge >= 0.3 is 0 Å². The summed E-state index contributed by atoms with van der Waals surface area (Å²) >= 11 is 0. The molecule has 1 aromatic carbocycles. The van der Waals surface area contributed by atoms with Crippen molar-refractivity contribution in [2.75, 3.05) is 13.1 Å². The van der Waals surface area contributed by atoms with Crippen LogP contribution in [0.25, 0.3) is 0 Å². The molecule has 0 spiro atoms. The lowest BCUT2D eigenvalue weighted by molar-refractivity contribution is 0.429. The molecular formula is C20H28N2O2S. The number of aryl methyl sites for hydroxylation is 1. The molecule has 0 bridgehead atoms. The quantitative estimate of drug-likeness (QED) is 0.600. The minimum atomic E-state index is -3.46. The third-order valence-corrected chi connectivity index (χ3v) is 6.31. The number of unbranched alkanes of at least 4 members (excludes halogenated alkanes) is 2. The topological polar surface area (TPSA) is 50.3 Å². The lowest BCUT2D eigenvalue weighted by Gasteiger charge is -2.20. The van der Waals surface area contributed by atoms with Crippen LogP contribution < -0.4 is 0 Å². The van der Waals surface area contributed by atoms with Crippen molar-refractivity contribution < 1.29 is 8.42 Å². The average molecular weight is 361 g/mol. The van der Waals surface area contributed by atoms with Gasteiger partial charge in [-0.3, -0.25) is 4.98 Å².